The van der Waals surface area contributed by atoms with Gasteiger partial charge in [0.25, 0.3) is 0 Å². The first-order valence-corrected chi connectivity index (χ1v) is 7.09. The first kappa shape index (κ1) is 13.5. The van der Waals surface area contributed by atoms with Gasteiger partial charge in [-0.2, -0.15) is 5.26 Å². The molecule has 0 aliphatic rings. The van der Waals surface area contributed by atoms with Crippen LogP contribution in [-0.2, 0) is 9.84 Å². The zero-order valence-electron chi connectivity index (χ0n) is 9.40. The summed E-state index contributed by atoms with van der Waals surface area (Å²) in [5.74, 6) is -0.407. The van der Waals surface area contributed by atoms with Gasteiger partial charge in [-0.3, -0.25) is 0 Å². The fraction of sp³-hybridized carbons (Fsp3) is 0.364. The summed E-state index contributed by atoms with van der Waals surface area (Å²) in [7, 11) is -2.97. The number of sulfone groups is 1. The lowest BCUT2D eigenvalue weighted by molar-refractivity contribution is 0.599. The highest BCUT2D eigenvalue weighted by Gasteiger charge is 2.02. The Morgan fingerprint density at radius 3 is 2.71 bits per heavy atom. The fourth-order valence-electron chi connectivity index (χ4n) is 1.32. The topological polar surface area (TPSA) is 70.0 Å². The molecule has 0 heterocycles. The van der Waals surface area contributed by atoms with Crippen molar-refractivity contribution in [1.82, 2.24) is 0 Å². The molecule has 92 valence electrons. The number of rotatable bonds is 5. The summed E-state index contributed by atoms with van der Waals surface area (Å²) in [5.41, 5.74) is 0.714. The predicted molar refractivity (Wildman–Crippen MR) is 63.9 cm³/mol. The number of anilines is 1. The Morgan fingerprint density at radius 2 is 2.12 bits per heavy atom. The quantitative estimate of drug-likeness (QED) is 0.811. The molecular formula is C11H13FN2O2S. The summed E-state index contributed by atoms with van der Waals surface area (Å²) in [6.45, 7) is 0.418. The van der Waals surface area contributed by atoms with Crippen molar-refractivity contribution in [3.05, 3.63) is 29.6 Å². The Balaban J connectivity index is 2.53. The Hall–Kier alpha value is -1.61. The van der Waals surface area contributed by atoms with E-state index in [9.17, 15) is 12.8 Å². The second-order valence-electron chi connectivity index (χ2n) is 3.75. The summed E-state index contributed by atoms with van der Waals surface area (Å²) in [6.07, 6.45) is 1.61. The molecular weight excluding hydrogens is 243 g/mol. The van der Waals surface area contributed by atoms with E-state index in [1.54, 1.807) is 0 Å². The molecule has 0 unspecified atom stereocenters. The molecule has 0 spiro atoms. The normalized spacial score (nSPS) is 10.9. The van der Waals surface area contributed by atoms with Gasteiger partial charge in [-0.05, 0) is 24.6 Å². The van der Waals surface area contributed by atoms with Crippen molar-refractivity contribution >= 4 is 15.5 Å². The van der Waals surface area contributed by atoms with E-state index < -0.39 is 15.7 Å². The summed E-state index contributed by atoms with van der Waals surface area (Å²) in [6, 6.07) is 5.77. The first-order chi connectivity index (χ1) is 7.90. The van der Waals surface area contributed by atoms with Crippen LogP contribution in [0.5, 0.6) is 0 Å². The van der Waals surface area contributed by atoms with Crippen LogP contribution in [0.1, 0.15) is 12.0 Å². The smallest absolute Gasteiger partial charge is 0.147 e. The van der Waals surface area contributed by atoms with Gasteiger partial charge in [-0.1, -0.05) is 0 Å². The number of benzene rings is 1. The third kappa shape index (κ3) is 5.31. The number of halogens is 1. The summed E-state index contributed by atoms with van der Waals surface area (Å²) in [5, 5.41) is 11.5. The van der Waals surface area contributed by atoms with Crippen LogP contribution in [0.2, 0.25) is 0 Å². The maximum Gasteiger partial charge on any atom is 0.147 e. The molecule has 0 atom stereocenters. The molecule has 17 heavy (non-hydrogen) atoms. The summed E-state index contributed by atoms with van der Waals surface area (Å²) in [4.78, 5) is 0. The molecule has 1 rings (SSSR count). The molecule has 4 nitrogen and oxygen atoms in total. The van der Waals surface area contributed by atoms with Gasteiger partial charge in [0.05, 0.1) is 17.4 Å². The van der Waals surface area contributed by atoms with Gasteiger partial charge in [0, 0.05) is 18.5 Å². The fourth-order valence-corrected chi connectivity index (χ4v) is 1.99. The van der Waals surface area contributed by atoms with Crippen LogP contribution in [0.15, 0.2) is 18.2 Å². The van der Waals surface area contributed by atoms with Crippen LogP contribution >= 0.6 is 0 Å². The molecule has 0 aliphatic carbocycles. The Labute approximate surface area is 100.0 Å². The maximum absolute atomic E-state index is 13.0. The van der Waals surface area contributed by atoms with Crippen LogP contribution in [0, 0.1) is 17.1 Å². The molecule has 0 aliphatic heterocycles. The van der Waals surface area contributed by atoms with Gasteiger partial charge in [-0.15, -0.1) is 0 Å². The Kier molecular flexibility index (Phi) is 4.46. The molecule has 6 heteroatoms. The number of nitrogens with zero attached hydrogens (tertiary/aromatic N) is 1. The van der Waals surface area contributed by atoms with E-state index in [0.717, 1.165) is 6.07 Å². The Morgan fingerprint density at radius 1 is 1.41 bits per heavy atom. The lowest BCUT2D eigenvalue weighted by atomic mass is 10.2. The molecule has 1 N–H and O–H groups in total. The van der Waals surface area contributed by atoms with Crippen molar-refractivity contribution < 1.29 is 12.8 Å². The lowest BCUT2D eigenvalue weighted by Gasteiger charge is -2.06. The molecule has 1 aromatic carbocycles. The highest BCUT2D eigenvalue weighted by Crippen LogP contribution is 2.13. The highest BCUT2D eigenvalue weighted by molar-refractivity contribution is 7.90. The highest BCUT2D eigenvalue weighted by atomic mass is 32.2. The molecule has 0 amide bonds. The number of hydrogen-bond donors (Lipinski definition) is 1. The standard InChI is InChI=1S/C11H13FN2O2S/c1-17(15,16)4-2-3-14-11-6-9(8-13)5-10(12)7-11/h5-7,14H,2-4H2,1H3. The van der Waals surface area contributed by atoms with Crippen LogP contribution < -0.4 is 5.32 Å². The van der Waals surface area contributed by atoms with Crippen molar-refractivity contribution in [2.24, 2.45) is 0 Å². The minimum absolute atomic E-state index is 0.0838. The monoisotopic (exact) mass is 256 g/mol. The van der Waals surface area contributed by atoms with Gasteiger partial charge in [-0.25, -0.2) is 12.8 Å². The van der Waals surface area contributed by atoms with Crippen LogP contribution in [-0.4, -0.2) is 27.0 Å². The maximum atomic E-state index is 13.0. The second kappa shape index (κ2) is 5.64. The molecule has 0 bridgehead atoms. The third-order valence-electron chi connectivity index (χ3n) is 2.05. The minimum atomic E-state index is -2.97. The van der Waals surface area contributed by atoms with E-state index in [1.165, 1.54) is 18.4 Å². The van der Waals surface area contributed by atoms with Crippen molar-refractivity contribution in [2.45, 2.75) is 6.42 Å². The van der Waals surface area contributed by atoms with E-state index in [2.05, 4.69) is 5.32 Å². The summed E-state index contributed by atoms with van der Waals surface area (Å²) >= 11 is 0. The number of nitrogens with one attached hydrogen (secondary N) is 1. The third-order valence-corrected chi connectivity index (χ3v) is 3.08. The van der Waals surface area contributed by atoms with Gasteiger partial charge in [0.2, 0.25) is 0 Å². The van der Waals surface area contributed by atoms with Gasteiger partial charge in [0.15, 0.2) is 0 Å². The summed E-state index contributed by atoms with van der Waals surface area (Å²) < 4.78 is 34.8. The average Bonchev–Trinajstić information content (AvgIpc) is 2.22. The number of nitriles is 1. The van der Waals surface area contributed by atoms with Crippen LogP contribution in [0.3, 0.4) is 0 Å². The molecule has 0 fully saturated rings. The van der Waals surface area contributed by atoms with Gasteiger partial charge < -0.3 is 5.32 Å². The second-order valence-corrected chi connectivity index (χ2v) is 6.01. The van der Waals surface area contributed by atoms with E-state index in [0.29, 0.717) is 18.7 Å². The van der Waals surface area contributed by atoms with Crippen molar-refractivity contribution in [2.75, 3.05) is 23.9 Å². The van der Waals surface area contributed by atoms with Crippen LogP contribution in [0.25, 0.3) is 0 Å². The zero-order chi connectivity index (χ0) is 12.9. The van der Waals surface area contributed by atoms with Crippen molar-refractivity contribution in [3.63, 3.8) is 0 Å². The zero-order valence-corrected chi connectivity index (χ0v) is 10.2. The molecule has 0 saturated heterocycles. The first-order valence-electron chi connectivity index (χ1n) is 5.03. The Bertz CT molecular complexity index is 535. The largest absolute Gasteiger partial charge is 0.385 e. The van der Waals surface area contributed by atoms with Gasteiger partial charge >= 0.3 is 0 Å². The SMILES string of the molecule is CS(=O)(=O)CCCNc1cc(F)cc(C#N)c1. The van der Waals surface area contributed by atoms with E-state index in [4.69, 9.17) is 5.26 Å². The van der Waals surface area contributed by atoms with E-state index in [-0.39, 0.29) is 11.3 Å². The molecule has 0 radical (unpaired) electrons. The predicted octanol–water partition coefficient (Wildman–Crippen LogP) is 1.54. The average molecular weight is 256 g/mol. The van der Waals surface area contributed by atoms with Gasteiger partial charge in [0.1, 0.15) is 15.7 Å². The lowest BCUT2D eigenvalue weighted by Crippen LogP contribution is -2.09. The van der Waals surface area contributed by atoms with Crippen LogP contribution in [0.4, 0.5) is 10.1 Å². The van der Waals surface area contributed by atoms with Crippen molar-refractivity contribution in [1.29, 1.82) is 5.26 Å². The number of hydrogen-bond acceptors (Lipinski definition) is 4. The molecule has 1 aromatic rings. The minimum Gasteiger partial charge on any atom is -0.385 e. The van der Waals surface area contributed by atoms with E-state index in [1.807, 2.05) is 6.07 Å². The molecule has 0 saturated carbocycles. The van der Waals surface area contributed by atoms with E-state index >= 15 is 0 Å². The molecule has 0 aromatic heterocycles. The van der Waals surface area contributed by atoms with Crippen molar-refractivity contribution in [3.8, 4) is 6.07 Å².